The van der Waals surface area contributed by atoms with E-state index in [0.29, 0.717) is 24.2 Å². The van der Waals surface area contributed by atoms with E-state index in [4.69, 9.17) is 0 Å². The third-order valence-corrected chi connectivity index (χ3v) is 7.70. The van der Waals surface area contributed by atoms with Gasteiger partial charge in [-0.25, -0.2) is 13.1 Å². The molecule has 0 atom stereocenters. The SMILES string of the molecule is O=C(Nc1ccnn1Cc1ccc(C(F)(F)F)cc1)C1CCN(S(=O)(=O)c2ccccc2)CC1. The highest BCUT2D eigenvalue weighted by Crippen LogP contribution is 2.29. The summed E-state index contributed by atoms with van der Waals surface area (Å²) in [6.07, 6.45) is -2.15. The fraction of sp³-hybridized carbons (Fsp3) is 0.304. The van der Waals surface area contributed by atoms with Gasteiger partial charge in [0, 0.05) is 25.1 Å². The van der Waals surface area contributed by atoms with Crippen LogP contribution in [-0.2, 0) is 27.5 Å². The molecule has 1 N–H and O–H groups in total. The van der Waals surface area contributed by atoms with Crippen molar-refractivity contribution in [1.29, 1.82) is 0 Å². The standard InChI is InChI=1S/C23H23F3N4O3S/c24-23(25,26)19-8-6-17(7-9-19)16-30-21(10-13-27-30)28-22(31)18-11-14-29(15-12-18)34(32,33)20-4-2-1-3-5-20/h1-10,13,18H,11-12,14-16H2,(H,28,31). The highest BCUT2D eigenvalue weighted by Gasteiger charge is 2.32. The van der Waals surface area contributed by atoms with Crippen molar-refractivity contribution in [3.63, 3.8) is 0 Å². The largest absolute Gasteiger partial charge is 0.416 e. The predicted molar refractivity (Wildman–Crippen MR) is 119 cm³/mol. The van der Waals surface area contributed by atoms with Gasteiger partial charge in [-0.3, -0.25) is 4.79 Å². The van der Waals surface area contributed by atoms with Gasteiger partial charge in [-0.15, -0.1) is 0 Å². The maximum Gasteiger partial charge on any atom is 0.416 e. The summed E-state index contributed by atoms with van der Waals surface area (Å²) in [4.78, 5) is 13.0. The van der Waals surface area contributed by atoms with Gasteiger partial charge in [0.25, 0.3) is 0 Å². The van der Waals surface area contributed by atoms with E-state index in [1.54, 1.807) is 36.4 Å². The molecule has 0 saturated carbocycles. The molecule has 180 valence electrons. The monoisotopic (exact) mass is 492 g/mol. The summed E-state index contributed by atoms with van der Waals surface area (Å²) in [5.41, 5.74) is -0.127. The van der Waals surface area contributed by atoms with Crippen LogP contribution in [0, 0.1) is 5.92 Å². The van der Waals surface area contributed by atoms with Crippen molar-refractivity contribution in [2.45, 2.75) is 30.5 Å². The van der Waals surface area contributed by atoms with Gasteiger partial charge in [0.15, 0.2) is 0 Å². The molecule has 1 amide bonds. The van der Waals surface area contributed by atoms with Crippen molar-refractivity contribution in [1.82, 2.24) is 14.1 Å². The van der Waals surface area contributed by atoms with Crippen LogP contribution in [0.3, 0.4) is 0 Å². The summed E-state index contributed by atoms with van der Waals surface area (Å²) in [5.74, 6) is -0.188. The van der Waals surface area contributed by atoms with E-state index in [0.717, 1.165) is 12.1 Å². The maximum absolute atomic E-state index is 12.8. The first-order valence-electron chi connectivity index (χ1n) is 10.7. The molecule has 0 aliphatic carbocycles. The molecule has 1 saturated heterocycles. The molecule has 0 bridgehead atoms. The molecule has 7 nitrogen and oxygen atoms in total. The van der Waals surface area contributed by atoms with E-state index in [9.17, 15) is 26.4 Å². The number of carbonyl (C=O) groups excluding carboxylic acids is 1. The second-order valence-corrected chi connectivity index (χ2v) is 9.99. The van der Waals surface area contributed by atoms with Crippen LogP contribution in [0.5, 0.6) is 0 Å². The zero-order valence-corrected chi connectivity index (χ0v) is 18.9. The van der Waals surface area contributed by atoms with E-state index in [1.165, 1.54) is 27.3 Å². The predicted octanol–water partition coefficient (Wildman–Crippen LogP) is 3.99. The van der Waals surface area contributed by atoms with Gasteiger partial charge < -0.3 is 5.32 Å². The third-order valence-electron chi connectivity index (χ3n) is 5.79. The van der Waals surface area contributed by atoms with Crippen molar-refractivity contribution in [2.75, 3.05) is 18.4 Å². The molecule has 1 aromatic heterocycles. The van der Waals surface area contributed by atoms with Crippen LogP contribution in [-0.4, -0.2) is 41.5 Å². The number of amides is 1. The topological polar surface area (TPSA) is 84.3 Å². The second kappa shape index (κ2) is 9.59. The quantitative estimate of drug-likeness (QED) is 0.564. The molecule has 1 aliphatic heterocycles. The summed E-state index contributed by atoms with van der Waals surface area (Å²) in [6.45, 7) is 0.661. The Morgan fingerprint density at radius 2 is 1.65 bits per heavy atom. The number of carbonyl (C=O) groups is 1. The van der Waals surface area contributed by atoms with Crippen LogP contribution >= 0.6 is 0 Å². The van der Waals surface area contributed by atoms with Crippen LogP contribution in [0.4, 0.5) is 19.0 Å². The van der Waals surface area contributed by atoms with Gasteiger partial charge in [-0.1, -0.05) is 30.3 Å². The van der Waals surface area contributed by atoms with E-state index in [2.05, 4.69) is 10.4 Å². The second-order valence-electron chi connectivity index (χ2n) is 8.05. The Hall–Kier alpha value is -3.18. The van der Waals surface area contributed by atoms with Crippen LogP contribution in [0.15, 0.2) is 71.8 Å². The number of hydrogen-bond acceptors (Lipinski definition) is 4. The van der Waals surface area contributed by atoms with E-state index in [1.807, 2.05) is 0 Å². The number of sulfonamides is 1. The minimum absolute atomic E-state index is 0.189. The number of benzene rings is 2. The zero-order chi connectivity index (χ0) is 24.3. The number of nitrogens with zero attached hydrogens (tertiary/aromatic N) is 3. The highest BCUT2D eigenvalue weighted by atomic mass is 32.2. The van der Waals surface area contributed by atoms with E-state index < -0.39 is 21.8 Å². The lowest BCUT2D eigenvalue weighted by molar-refractivity contribution is -0.137. The lowest BCUT2D eigenvalue weighted by atomic mass is 9.97. The molecule has 0 spiro atoms. The molecule has 2 heterocycles. The molecular formula is C23H23F3N4O3S. The molecule has 3 aromatic rings. The van der Waals surface area contributed by atoms with Gasteiger partial charge in [0.05, 0.1) is 23.2 Å². The van der Waals surface area contributed by atoms with Crippen LogP contribution in [0.1, 0.15) is 24.0 Å². The highest BCUT2D eigenvalue weighted by molar-refractivity contribution is 7.89. The van der Waals surface area contributed by atoms with E-state index >= 15 is 0 Å². The van der Waals surface area contributed by atoms with Crippen LogP contribution in [0.25, 0.3) is 0 Å². The summed E-state index contributed by atoms with van der Waals surface area (Å²) >= 11 is 0. The smallest absolute Gasteiger partial charge is 0.311 e. The molecule has 1 fully saturated rings. The molecule has 2 aromatic carbocycles. The number of anilines is 1. The first-order valence-corrected chi connectivity index (χ1v) is 12.1. The van der Waals surface area contributed by atoms with Crippen molar-refractivity contribution >= 4 is 21.7 Å². The average molecular weight is 493 g/mol. The van der Waals surface area contributed by atoms with Crippen molar-refractivity contribution < 1.29 is 26.4 Å². The van der Waals surface area contributed by atoms with Gasteiger partial charge in [0.1, 0.15) is 5.82 Å². The lowest BCUT2D eigenvalue weighted by Crippen LogP contribution is -2.41. The molecule has 0 unspecified atom stereocenters. The molecule has 34 heavy (non-hydrogen) atoms. The van der Waals surface area contributed by atoms with Crippen molar-refractivity contribution in [3.05, 3.63) is 78.0 Å². The van der Waals surface area contributed by atoms with Gasteiger partial charge in [0.2, 0.25) is 15.9 Å². The number of piperidine rings is 1. The Morgan fingerprint density at radius 1 is 1.00 bits per heavy atom. The van der Waals surface area contributed by atoms with Gasteiger partial charge in [-0.05, 0) is 42.7 Å². The number of alkyl halides is 3. The Balaban J connectivity index is 1.35. The van der Waals surface area contributed by atoms with Crippen molar-refractivity contribution in [2.24, 2.45) is 5.92 Å². The van der Waals surface area contributed by atoms with Crippen LogP contribution in [0.2, 0.25) is 0 Å². The summed E-state index contributed by atoms with van der Waals surface area (Å²) in [6, 6.07) is 14.6. The first-order chi connectivity index (χ1) is 16.1. The number of halogens is 3. The van der Waals surface area contributed by atoms with E-state index in [-0.39, 0.29) is 36.4 Å². The Labute approximate surface area is 195 Å². The first kappa shape index (κ1) is 24.0. The lowest BCUT2D eigenvalue weighted by Gasteiger charge is -2.30. The fourth-order valence-corrected chi connectivity index (χ4v) is 5.36. The molecule has 1 aliphatic rings. The van der Waals surface area contributed by atoms with Gasteiger partial charge in [-0.2, -0.15) is 22.6 Å². The summed E-state index contributed by atoms with van der Waals surface area (Å²) in [5, 5.41) is 6.97. The number of aromatic nitrogens is 2. The Bertz CT molecular complexity index is 1230. The number of nitrogens with one attached hydrogen (secondary N) is 1. The Morgan fingerprint density at radius 3 is 2.26 bits per heavy atom. The van der Waals surface area contributed by atoms with Crippen molar-refractivity contribution in [3.8, 4) is 0 Å². The number of hydrogen-bond donors (Lipinski definition) is 1. The molecular weight excluding hydrogens is 469 g/mol. The average Bonchev–Trinajstić information content (AvgIpc) is 3.25. The minimum atomic E-state index is -4.40. The fourth-order valence-electron chi connectivity index (χ4n) is 3.87. The molecule has 0 radical (unpaired) electrons. The third kappa shape index (κ3) is 5.31. The number of rotatable bonds is 6. The van der Waals surface area contributed by atoms with Gasteiger partial charge >= 0.3 is 6.18 Å². The normalized spacial score (nSPS) is 15.9. The molecule has 4 rings (SSSR count). The zero-order valence-electron chi connectivity index (χ0n) is 18.1. The van der Waals surface area contributed by atoms with Crippen LogP contribution < -0.4 is 5.32 Å². The Kier molecular flexibility index (Phi) is 6.76. The molecule has 11 heteroatoms. The maximum atomic E-state index is 12.8. The summed E-state index contributed by atoms with van der Waals surface area (Å²) < 4.78 is 66.7. The minimum Gasteiger partial charge on any atom is -0.311 e. The summed E-state index contributed by atoms with van der Waals surface area (Å²) in [7, 11) is -3.60.